The van der Waals surface area contributed by atoms with Crippen molar-refractivity contribution in [3.05, 3.63) is 48.0 Å². The largest absolute Gasteiger partial charge is 0.379 e. The number of carbonyl (C=O) groups is 1. The van der Waals surface area contributed by atoms with Gasteiger partial charge in [0.15, 0.2) is 0 Å². The Kier molecular flexibility index (Phi) is 5.18. The van der Waals surface area contributed by atoms with Gasteiger partial charge < -0.3 is 9.64 Å². The molecule has 1 aliphatic heterocycles. The van der Waals surface area contributed by atoms with E-state index >= 15 is 0 Å². The van der Waals surface area contributed by atoms with Crippen LogP contribution in [0.3, 0.4) is 0 Å². The van der Waals surface area contributed by atoms with Crippen LogP contribution in [0.1, 0.15) is 23.2 Å². The average molecular weight is 340 g/mol. The molecule has 1 aromatic rings. The summed E-state index contributed by atoms with van der Waals surface area (Å²) in [4.78, 5) is 17.6. The molecule has 1 aromatic carbocycles. The molecule has 4 heteroatoms. The van der Waals surface area contributed by atoms with Gasteiger partial charge in [0.25, 0.3) is 5.91 Å². The van der Waals surface area contributed by atoms with Crippen LogP contribution >= 0.6 is 0 Å². The Hall–Kier alpha value is -1.65. The molecule has 3 aliphatic rings. The second-order valence-corrected chi connectivity index (χ2v) is 7.61. The molecule has 134 valence electrons. The first-order chi connectivity index (χ1) is 12.3. The van der Waals surface area contributed by atoms with E-state index in [1.165, 1.54) is 12.8 Å². The number of nitrogens with zero attached hydrogens (tertiary/aromatic N) is 2. The minimum absolute atomic E-state index is 0.181. The number of ether oxygens (including phenoxy) is 1. The van der Waals surface area contributed by atoms with Crippen LogP contribution in [-0.4, -0.2) is 61.6 Å². The lowest BCUT2D eigenvalue weighted by molar-refractivity contribution is 0.0313. The third kappa shape index (κ3) is 3.96. The zero-order chi connectivity index (χ0) is 17.1. The van der Waals surface area contributed by atoms with Crippen LogP contribution in [0.4, 0.5) is 0 Å². The van der Waals surface area contributed by atoms with Crippen molar-refractivity contribution in [3.63, 3.8) is 0 Å². The molecule has 1 heterocycles. The van der Waals surface area contributed by atoms with Crippen LogP contribution in [0, 0.1) is 17.8 Å². The van der Waals surface area contributed by atoms with Crippen LogP contribution in [-0.2, 0) is 4.74 Å². The molecule has 25 heavy (non-hydrogen) atoms. The number of allylic oxidation sites excluding steroid dienone is 2. The van der Waals surface area contributed by atoms with Gasteiger partial charge in [-0.3, -0.25) is 9.69 Å². The molecule has 4 nitrogen and oxygen atoms in total. The first-order valence-electron chi connectivity index (χ1n) is 9.62. The van der Waals surface area contributed by atoms with Crippen molar-refractivity contribution in [2.45, 2.75) is 12.8 Å². The van der Waals surface area contributed by atoms with Gasteiger partial charge >= 0.3 is 0 Å². The highest BCUT2D eigenvalue weighted by atomic mass is 16.5. The second-order valence-electron chi connectivity index (χ2n) is 7.61. The maximum atomic E-state index is 13.1. The summed E-state index contributed by atoms with van der Waals surface area (Å²) in [6.45, 7) is 6.22. The van der Waals surface area contributed by atoms with Crippen LogP contribution in [0.5, 0.6) is 0 Å². The van der Waals surface area contributed by atoms with Crippen molar-refractivity contribution in [1.82, 2.24) is 9.80 Å². The predicted molar refractivity (Wildman–Crippen MR) is 98.4 cm³/mol. The lowest BCUT2D eigenvalue weighted by Crippen LogP contribution is -2.44. The molecule has 2 fully saturated rings. The molecule has 1 amide bonds. The summed E-state index contributed by atoms with van der Waals surface area (Å²) in [5.74, 6) is 2.25. The van der Waals surface area contributed by atoms with E-state index in [1.54, 1.807) is 0 Å². The van der Waals surface area contributed by atoms with Gasteiger partial charge in [0.2, 0.25) is 0 Å². The average Bonchev–Trinajstić information content (AvgIpc) is 3.29. The lowest BCUT2D eigenvalue weighted by Gasteiger charge is -2.32. The molecule has 4 rings (SSSR count). The smallest absolute Gasteiger partial charge is 0.253 e. The van der Waals surface area contributed by atoms with Gasteiger partial charge in [0, 0.05) is 38.3 Å². The van der Waals surface area contributed by atoms with Crippen LogP contribution < -0.4 is 0 Å². The van der Waals surface area contributed by atoms with Gasteiger partial charge in [0.05, 0.1) is 13.2 Å². The van der Waals surface area contributed by atoms with E-state index < -0.39 is 0 Å². The van der Waals surface area contributed by atoms with Gasteiger partial charge in [-0.05, 0) is 42.7 Å². The monoisotopic (exact) mass is 340 g/mol. The minimum Gasteiger partial charge on any atom is -0.379 e. The molecule has 0 aromatic heterocycles. The maximum Gasteiger partial charge on any atom is 0.253 e. The Balaban J connectivity index is 1.42. The Bertz CT molecular complexity index is 610. The summed E-state index contributed by atoms with van der Waals surface area (Å²) < 4.78 is 5.43. The highest BCUT2D eigenvalue weighted by Gasteiger charge is 2.37. The molecular formula is C21H28N2O2. The highest BCUT2D eigenvalue weighted by Crippen LogP contribution is 2.43. The van der Waals surface area contributed by atoms with Crippen LogP contribution in [0.25, 0.3) is 0 Å². The number of hydrogen-bond acceptors (Lipinski definition) is 3. The summed E-state index contributed by atoms with van der Waals surface area (Å²) in [5.41, 5.74) is 0.808. The van der Waals surface area contributed by atoms with Crippen molar-refractivity contribution in [1.29, 1.82) is 0 Å². The van der Waals surface area contributed by atoms with E-state index in [-0.39, 0.29) is 5.91 Å². The normalized spacial score (nSPS) is 28.4. The number of rotatable bonds is 6. The number of hydrogen-bond donors (Lipinski definition) is 0. The Morgan fingerprint density at radius 2 is 1.92 bits per heavy atom. The van der Waals surface area contributed by atoms with Crippen molar-refractivity contribution in [2.75, 3.05) is 45.9 Å². The fourth-order valence-corrected chi connectivity index (χ4v) is 4.51. The van der Waals surface area contributed by atoms with Crippen molar-refractivity contribution in [2.24, 2.45) is 17.8 Å². The Morgan fingerprint density at radius 3 is 2.60 bits per heavy atom. The van der Waals surface area contributed by atoms with E-state index in [0.29, 0.717) is 11.8 Å². The quantitative estimate of drug-likeness (QED) is 0.747. The molecule has 1 saturated carbocycles. The van der Waals surface area contributed by atoms with E-state index in [2.05, 4.69) is 22.0 Å². The summed E-state index contributed by atoms with van der Waals surface area (Å²) in [6, 6.07) is 9.74. The number of morpholine rings is 1. The first kappa shape index (κ1) is 16.8. The highest BCUT2D eigenvalue weighted by molar-refractivity contribution is 5.94. The Labute approximate surface area is 150 Å². The van der Waals surface area contributed by atoms with Crippen LogP contribution in [0.15, 0.2) is 42.5 Å². The standard InChI is InChI=1S/C21H28N2O2/c24-21(18-4-2-1-3-5-18)23(9-8-22-10-12-25-13-11-22)16-20-15-17-6-7-19(20)14-17/h1-7,17,19-20H,8-16H2. The fourth-order valence-electron chi connectivity index (χ4n) is 4.51. The van der Waals surface area contributed by atoms with Crippen molar-refractivity contribution in [3.8, 4) is 0 Å². The van der Waals surface area contributed by atoms with E-state index in [9.17, 15) is 4.79 Å². The zero-order valence-electron chi connectivity index (χ0n) is 14.8. The SMILES string of the molecule is O=C(c1ccccc1)N(CCN1CCOCC1)CC1CC2C=CC1C2. The number of fused-ring (bicyclic) bond motifs is 2. The van der Waals surface area contributed by atoms with Crippen LogP contribution in [0.2, 0.25) is 0 Å². The summed E-state index contributed by atoms with van der Waals surface area (Å²) in [5, 5.41) is 0. The third-order valence-electron chi connectivity index (χ3n) is 5.97. The molecule has 3 unspecified atom stereocenters. The van der Waals surface area contributed by atoms with E-state index in [4.69, 9.17) is 4.74 Å². The van der Waals surface area contributed by atoms with Gasteiger partial charge in [0.1, 0.15) is 0 Å². The summed E-state index contributed by atoms with van der Waals surface area (Å²) >= 11 is 0. The molecule has 2 aliphatic carbocycles. The second kappa shape index (κ2) is 7.71. The molecule has 0 radical (unpaired) electrons. The lowest BCUT2D eigenvalue weighted by atomic mass is 9.93. The zero-order valence-corrected chi connectivity index (χ0v) is 14.8. The summed E-state index contributed by atoms with van der Waals surface area (Å²) in [7, 11) is 0. The first-order valence-corrected chi connectivity index (χ1v) is 9.62. The molecule has 1 saturated heterocycles. The van der Waals surface area contributed by atoms with Gasteiger partial charge in [-0.25, -0.2) is 0 Å². The molecule has 0 N–H and O–H groups in total. The van der Waals surface area contributed by atoms with E-state index in [0.717, 1.165) is 57.4 Å². The summed E-state index contributed by atoms with van der Waals surface area (Å²) in [6.07, 6.45) is 7.29. The number of amides is 1. The van der Waals surface area contributed by atoms with Gasteiger partial charge in [-0.15, -0.1) is 0 Å². The Morgan fingerprint density at radius 1 is 1.12 bits per heavy atom. The minimum atomic E-state index is 0.181. The molecule has 3 atom stereocenters. The topological polar surface area (TPSA) is 32.8 Å². The van der Waals surface area contributed by atoms with E-state index in [1.807, 2.05) is 30.3 Å². The third-order valence-corrected chi connectivity index (χ3v) is 5.97. The van der Waals surface area contributed by atoms with Gasteiger partial charge in [-0.1, -0.05) is 30.4 Å². The molecular weight excluding hydrogens is 312 g/mol. The maximum absolute atomic E-state index is 13.1. The fraction of sp³-hybridized carbons (Fsp3) is 0.571. The number of carbonyl (C=O) groups excluding carboxylic acids is 1. The predicted octanol–water partition coefficient (Wildman–Crippen LogP) is 2.67. The molecule has 0 spiro atoms. The van der Waals surface area contributed by atoms with Crippen molar-refractivity contribution < 1.29 is 9.53 Å². The number of benzene rings is 1. The molecule has 2 bridgehead atoms. The van der Waals surface area contributed by atoms with Crippen molar-refractivity contribution >= 4 is 5.91 Å². The van der Waals surface area contributed by atoms with Gasteiger partial charge in [-0.2, -0.15) is 0 Å².